The molecule has 172 valence electrons. The van der Waals surface area contributed by atoms with Crippen molar-refractivity contribution in [2.24, 2.45) is 0 Å². The van der Waals surface area contributed by atoms with Gasteiger partial charge >= 0.3 is 5.92 Å². The minimum absolute atomic E-state index is 0.110. The van der Waals surface area contributed by atoms with Gasteiger partial charge in [-0.05, 0) is 35.7 Å². The van der Waals surface area contributed by atoms with Gasteiger partial charge in [0, 0.05) is 42.2 Å². The van der Waals surface area contributed by atoms with Crippen LogP contribution >= 0.6 is 11.6 Å². The summed E-state index contributed by atoms with van der Waals surface area (Å²) in [4.78, 5) is 48.6. The second-order valence-corrected chi connectivity index (χ2v) is 8.13. The quantitative estimate of drug-likeness (QED) is 0.573. The maximum atomic E-state index is 14.4. The van der Waals surface area contributed by atoms with E-state index in [0.29, 0.717) is 36.2 Å². The lowest BCUT2D eigenvalue weighted by molar-refractivity contribution is -0.147. The van der Waals surface area contributed by atoms with Crippen molar-refractivity contribution >= 4 is 43.0 Å². The van der Waals surface area contributed by atoms with Crippen molar-refractivity contribution in [1.29, 1.82) is 0 Å². The van der Waals surface area contributed by atoms with E-state index in [1.165, 1.54) is 20.0 Å². The average Bonchev–Trinajstić information content (AvgIpc) is 3.06. The molecule has 3 rings (SSSR count). The highest BCUT2D eigenvalue weighted by Gasteiger charge is 2.40. The van der Waals surface area contributed by atoms with Crippen LogP contribution in [0.5, 0.6) is 0 Å². The third-order valence-electron chi connectivity index (χ3n) is 5.14. The zero-order chi connectivity index (χ0) is 24.2. The standard InChI is InChI=1S/C22H21BClF2N3O4/c23-21(33)28-18(30)2-1-9-29-12-14-10-13(3-8-17(14)19(29)31)11-27-20(32)22(25,26)15-4-6-16(24)7-5-15/h3-8,10H,1-2,9,11-12,23H2,(H,27,32)(H,28,30,33). The Labute approximate surface area is 194 Å². The minimum Gasteiger partial charge on any atom is -0.346 e. The van der Waals surface area contributed by atoms with Gasteiger partial charge in [0.1, 0.15) is 0 Å². The maximum absolute atomic E-state index is 14.4. The van der Waals surface area contributed by atoms with Crippen LogP contribution in [0.3, 0.4) is 0 Å². The monoisotopic (exact) mass is 475 g/mol. The largest absolute Gasteiger partial charge is 0.349 e. The summed E-state index contributed by atoms with van der Waals surface area (Å²) in [5, 5.41) is 4.70. The van der Waals surface area contributed by atoms with Crippen LogP contribution < -0.4 is 10.6 Å². The molecule has 1 aliphatic rings. The summed E-state index contributed by atoms with van der Waals surface area (Å²) >= 11 is 5.71. The number of carbonyl (C=O) groups is 4. The van der Waals surface area contributed by atoms with Gasteiger partial charge in [-0.2, -0.15) is 8.78 Å². The number of nitrogens with one attached hydrogen (secondary N) is 2. The highest BCUT2D eigenvalue weighted by Crippen LogP contribution is 2.29. The molecular weight excluding hydrogens is 455 g/mol. The molecule has 0 saturated heterocycles. The van der Waals surface area contributed by atoms with Crippen LogP contribution in [0.4, 0.5) is 13.6 Å². The lowest BCUT2D eigenvalue weighted by Gasteiger charge is -2.16. The SMILES string of the molecule is BC(=O)NC(=O)CCCN1Cc2cc(CNC(=O)C(F)(F)c3ccc(Cl)cc3)ccc2C1=O. The third-order valence-corrected chi connectivity index (χ3v) is 5.39. The van der Waals surface area contributed by atoms with Gasteiger partial charge in [-0.25, -0.2) is 0 Å². The minimum atomic E-state index is -3.72. The highest BCUT2D eigenvalue weighted by molar-refractivity contribution is 6.58. The van der Waals surface area contributed by atoms with Crippen molar-refractivity contribution in [3.63, 3.8) is 0 Å². The Balaban J connectivity index is 1.56. The smallest absolute Gasteiger partial charge is 0.346 e. The van der Waals surface area contributed by atoms with E-state index in [4.69, 9.17) is 11.6 Å². The second-order valence-electron chi connectivity index (χ2n) is 7.69. The van der Waals surface area contributed by atoms with Crippen LogP contribution in [-0.4, -0.2) is 42.8 Å². The first-order valence-corrected chi connectivity index (χ1v) is 10.6. The number of alkyl halides is 2. The predicted octanol–water partition coefficient (Wildman–Crippen LogP) is 2.35. The zero-order valence-electron chi connectivity index (χ0n) is 17.8. The fourth-order valence-electron chi connectivity index (χ4n) is 3.50. The fourth-order valence-corrected chi connectivity index (χ4v) is 3.62. The average molecular weight is 476 g/mol. The molecule has 4 amide bonds. The fraction of sp³-hybridized carbons (Fsp3) is 0.273. The van der Waals surface area contributed by atoms with E-state index >= 15 is 0 Å². The molecule has 0 fully saturated rings. The molecule has 2 aromatic carbocycles. The number of benzene rings is 2. The first kappa shape index (κ1) is 24.4. The number of hydrogen-bond acceptors (Lipinski definition) is 4. The van der Waals surface area contributed by atoms with Crippen molar-refractivity contribution in [3.8, 4) is 0 Å². The van der Waals surface area contributed by atoms with Crippen LogP contribution in [-0.2, 0) is 28.6 Å². The number of hydrogen-bond donors (Lipinski definition) is 2. The number of carbonyl (C=O) groups excluding carboxylic acids is 4. The normalized spacial score (nSPS) is 12.9. The summed E-state index contributed by atoms with van der Waals surface area (Å²) < 4.78 is 28.8. The molecule has 0 bridgehead atoms. The molecule has 0 atom stereocenters. The van der Waals surface area contributed by atoms with Crippen LogP contribution in [0.25, 0.3) is 0 Å². The van der Waals surface area contributed by atoms with E-state index in [-0.39, 0.29) is 23.9 Å². The number of imide groups is 1. The van der Waals surface area contributed by atoms with E-state index < -0.39 is 29.1 Å². The van der Waals surface area contributed by atoms with Crippen molar-refractivity contribution in [2.45, 2.75) is 31.9 Å². The van der Waals surface area contributed by atoms with Crippen molar-refractivity contribution < 1.29 is 28.0 Å². The molecule has 11 heteroatoms. The van der Waals surface area contributed by atoms with Crippen LogP contribution in [0, 0.1) is 0 Å². The van der Waals surface area contributed by atoms with Gasteiger partial charge in [-0.3, -0.25) is 19.2 Å². The van der Waals surface area contributed by atoms with Crippen molar-refractivity contribution in [2.75, 3.05) is 6.54 Å². The Kier molecular flexibility index (Phi) is 7.48. The summed E-state index contributed by atoms with van der Waals surface area (Å²) in [5.41, 5.74) is 1.32. The highest BCUT2D eigenvalue weighted by atomic mass is 35.5. The number of fused-ring (bicyclic) bond motifs is 1. The Bertz CT molecular complexity index is 1100. The first-order valence-electron chi connectivity index (χ1n) is 10.2. The van der Waals surface area contributed by atoms with Gasteiger partial charge in [0.15, 0.2) is 5.81 Å². The summed E-state index contributed by atoms with van der Waals surface area (Å²) in [5.74, 6) is -6.19. The Morgan fingerprint density at radius 2 is 1.82 bits per heavy atom. The third kappa shape index (κ3) is 5.95. The van der Waals surface area contributed by atoms with E-state index in [2.05, 4.69) is 10.6 Å². The maximum Gasteiger partial charge on any atom is 0.349 e. The molecule has 0 unspecified atom stereocenters. The molecular formula is C22H21BClF2N3O4. The summed E-state index contributed by atoms with van der Waals surface area (Å²) in [7, 11) is 1.25. The molecule has 0 radical (unpaired) electrons. The van der Waals surface area contributed by atoms with E-state index in [1.54, 1.807) is 23.1 Å². The Morgan fingerprint density at radius 3 is 2.48 bits per heavy atom. The summed E-state index contributed by atoms with van der Waals surface area (Å²) in [6.45, 7) is 0.512. The molecule has 1 heterocycles. The summed E-state index contributed by atoms with van der Waals surface area (Å²) in [6.07, 6.45) is 0.500. The number of amides is 4. The van der Waals surface area contributed by atoms with Gasteiger partial charge in [-0.1, -0.05) is 35.9 Å². The van der Waals surface area contributed by atoms with E-state index in [0.717, 1.165) is 12.1 Å². The van der Waals surface area contributed by atoms with Gasteiger partial charge in [0.05, 0.1) is 0 Å². The molecule has 0 aliphatic carbocycles. The molecule has 1 aliphatic heterocycles. The van der Waals surface area contributed by atoms with E-state index in [1.807, 2.05) is 0 Å². The topological polar surface area (TPSA) is 95.6 Å². The number of nitrogens with zero attached hydrogens (tertiary/aromatic N) is 1. The van der Waals surface area contributed by atoms with Gasteiger partial charge < -0.3 is 15.5 Å². The van der Waals surface area contributed by atoms with Gasteiger partial charge in [-0.15, -0.1) is 0 Å². The predicted molar refractivity (Wildman–Crippen MR) is 120 cm³/mol. The molecule has 0 aromatic heterocycles. The molecule has 0 saturated carbocycles. The molecule has 2 aromatic rings. The lowest BCUT2D eigenvalue weighted by atomic mass is 10.1. The molecule has 7 nitrogen and oxygen atoms in total. The van der Waals surface area contributed by atoms with Crippen LogP contribution in [0.1, 0.15) is 39.9 Å². The van der Waals surface area contributed by atoms with E-state index in [9.17, 15) is 28.0 Å². The first-order chi connectivity index (χ1) is 15.6. The van der Waals surface area contributed by atoms with Gasteiger partial charge in [0.2, 0.25) is 13.8 Å². The van der Waals surface area contributed by atoms with Gasteiger partial charge in [0.25, 0.3) is 11.8 Å². The van der Waals surface area contributed by atoms with Crippen molar-refractivity contribution in [3.05, 3.63) is 69.7 Å². The van der Waals surface area contributed by atoms with Crippen LogP contribution in [0.2, 0.25) is 5.02 Å². The zero-order valence-corrected chi connectivity index (χ0v) is 18.5. The Morgan fingerprint density at radius 1 is 1.12 bits per heavy atom. The summed E-state index contributed by atoms with van der Waals surface area (Å²) in [6, 6.07) is 9.66. The molecule has 33 heavy (non-hydrogen) atoms. The number of halogens is 3. The molecule has 2 N–H and O–H groups in total. The molecule has 0 spiro atoms. The lowest BCUT2D eigenvalue weighted by Crippen LogP contribution is -2.37. The van der Waals surface area contributed by atoms with Crippen LogP contribution in [0.15, 0.2) is 42.5 Å². The number of rotatable bonds is 8. The second kappa shape index (κ2) is 10.1. The van der Waals surface area contributed by atoms with Crippen molar-refractivity contribution in [1.82, 2.24) is 15.5 Å². The Hall–Kier alpha value is -3.27.